The maximum absolute atomic E-state index is 5.82. The van der Waals surface area contributed by atoms with Gasteiger partial charge in [-0.15, -0.1) is 0 Å². The van der Waals surface area contributed by atoms with Crippen LogP contribution in [0.25, 0.3) is 0 Å². The van der Waals surface area contributed by atoms with Gasteiger partial charge in [-0.2, -0.15) is 5.10 Å². The summed E-state index contributed by atoms with van der Waals surface area (Å²) in [5, 5.41) is 11.0. The van der Waals surface area contributed by atoms with Crippen molar-refractivity contribution in [1.29, 1.82) is 0 Å². The van der Waals surface area contributed by atoms with Crippen LogP contribution in [0.5, 0.6) is 0 Å². The number of hydrogen-bond acceptors (Lipinski definition) is 4. The molecule has 1 fully saturated rings. The molecule has 1 aromatic rings. The predicted octanol–water partition coefficient (Wildman–Crippen LogP) is 0.909. The van der Waals surface area contributed by atoms with Crippen LogP contribution in [0.4, 0.5) is 5.82 Å². The highest BCUT2D eigenvalue weighted by Gasteiger charge is 2.12. The summed E-state index contributed by atoms with van der Waals surface area (Å²) in [7, 11) is 1.95. The van der Waals surface area contributed by atoms with Crippen LogP contribution in [0, 0.1) is 6.92 Å². The molecule has 0 saturated carbocycles. The van der Waals surface area contributed by atoms with Gasteiger partial charge >= 0.3 is 0 Å². The number of ether oxygens (including phenoxy) is 1. The minimum absolute atomic E-state index is 0.436. The third-order valence-electron chi connectivity index (χ3n) is 3.05. The van der Waals surface area contributed by atoms with Crippen LogP contribution in [-0.4, -0.2) is 42.1 Å². The van der Waals surface area contributed by atoms with Crippen molar-refractivity contribution in [1.82, 2.24) is 15.1 Å². The van der Waals surface area contributed by atoms with E-state index in [2.05, 4.69) is 15.7 Å². The second-order valence-electron chi connectivity index (χ2n) is 4.54. The van der Waals surface area contributed by atoms with Gasteiger partial charge in [-0.1, -0.05) is 0 Å². The molecule has 17 heavy (non-hydrogen) atoms. The Morgan fingerprint density at radius 3 is 2.94 bits per heavy atom. The topological polar surface area (TPSA) is 51.1 Å². The first-order chi connectivity index (χ1) is 8.25. The lowest BCUT2D eigenvalue weighted by atomic mass is 10.1. The molecule has 0 radical (unpaired) electrons. The summed E-state index contributed by atoms with van der Waals surface area (Å²) >= 11 is 0. The second kappa shape index (κ2) is 6.02. The first-order valence-corrected chi connectivity index (χ1v) is 6.32. The molecule has 2 heterocycles. The molecule has 0 atom stereocenters. The molecule has 0 aromatic carbocycles. The van der Waals surface area contributed by atoms with Crippen molar-refractivity contribution in [2.24, 2.45) is 7.05 Å². The van der Waals surface area contributed by atoms with Crippen LogP contribution in [0.2, 0.25) is 0 Å². The third kappa shape index (κ3) is 3.71. The molecular formula is C12H22N4O. The highest BCUT2D eigenvalue weighted by atomic mass is 16.5. The van der Waals surface area contributed by atoms with Crippen molar-refractivity contribution in [3.8, 4) is 0 Å². The van der Waals surface area contributed by atoms with Crippen LogP contribution in [-0.2, 0) is 11.8 Å². The van der Waals surface area contributed by atoms with Crippen molar-refractivity contribution < 1.29 is 4.74 Å². The Kier molecular flexibility index (Phi) is 4.39. The SMILES string of the molecule is Cc1cc(NCCOC2CCNCC2)n(C)n1. The Balaban J connectivity index is 1.64. The molecule has 1 aliphatic heterocycles. The molecule has 0 aliphatic carbocycles. The average Bonchev–Trinajstić information content (AvgIpc) is 2.65. The summed E-state index contributed by atoms with van der Waals surface area (Å²) in [6.45, 7) is 5.76. The number of piperidine rings is 1. The van der Waals surface area contributed by atoms with Crippen LogP contribution in [0.1, 0.15) is 18.5 Å². The molecule has 5 nitrogen and oxygen atoms in total. The summed E-state index contributed by atoms with van der Waals surface area (Å²) in [5.41, 5.74) is 1.04. The maximum Gasteiger partial charge on any atom is 0.124 e. The Labute approximate surface area is 103 Å². The van der Waals surface area contributed by atoms with E-state index in [9.17, 15) is 0 Å². The standard InChI is InChI=1S/C12H22N4O/c1-10-9-12(16(2)15-10)14-7-8-17-11-3-5-13-6-4-11/h9,11,13-14H,3-8H2,1-2H3. The Morgan fingerprint density at radius 2 is 2.29 bits per heavy atom. The fourth-order valence-corrected chi connectivity index (χ4v) is 2.14. The van der Waals surface area contributed by atoms with Gasteiger partial charge in [-0.05, 0) is 32.9 Å². The van der Waals surface area contributed by atoms with Crippen molar-refractivity contribution in [2.45, 2.75) is 25.9 Å². The number of rotatable bonds is 5. The Bertz CT molecular complexity index is 344. The van der Waals surface area contributed by atoms with Crippen LogP contribution >= 0.6 is 0 Å². The van der Waals surface area contributed by atoms with Gasteiger partial charge in [0.05, 0.1) is 18.4 Å². The lowest BCUT2D eigenvalue weighted by molar-refractivity contribution is 0.0394. The number of nitrogens with zero attached hydrogens (tertiary/aromatic N) is 2. The first kappa shape index (κ1) is 12.4. The smallest absolute Gasteiger partial charge is 0.124 e. The van der Waals surface area contributed by atoms with Crippen molar-refractivity contribution in [3.05, 3.63) is 11.8 Å². The minimum atomic E-state index is 0.436. The Hall–Kier alpha value is -1.07. The molecule has 96 valence electrons. The molecule has 0 spiro atoms. The summed E-state index contributed by atoms with van der Waals surface area (Å²) < 4.78 is 7.68. The second-order valence-corrected chi connectivity index (χ2v) is 4.54. The van der Waals surface area contributed by atoms with Gasteiger partial charge in [-0.25, -0.2) is 0 Å². The number of nitrogens with one attached hydrogen (secondary N) is 2. The van der Waals surface area contributed by atoms with E-state index in [4.69, 9.17) is 4.74 Å². The monoisotopic (exact) mass is 238 g/mol. The molecular weight excluding hydrogens is 216 g/mol. The van der Waals surface area contributed by atoms with E-state index in [0.717, 1.165) is 50.6 Å². The number of hydrogen-bond donors (Lipinski definition) is 2. The van der Waals surface area contributed by atoms with Crippen LogP contribution < -0.4 is 10.6 Å². The molecule has 1 aromatic heterocycles. The number of aryl methyl sites for hydroxylation is 2. The van der Waals surface area contributed by atoms with Gasteiger partial charge in [0.1, 0.15) is 5.82 Å². The molecule has 5 heteroatoms. The zero-order chi connectivity index (χ0) is 12.1. The van der Waals surface area contributed by atoms with E-state index in [-0.39, 0.29) is 0 Å². The maximum atomic E-state index is 5.82. The van der Waals surface area contributed by atoms with Gasteiger partial charge in [0.25, 0.3) is 0 Å². The average molecular weight is 238 g/mol. The van der Waals surface area contributed by atoms with Crippen molar-refractivity contribution >= 4 is 5.82 Å². The zero-order valence-corrected chi connectivity index (χ0v) is 10.7. The minimum Gasteiger partial charge on any atom is -0.376 e. The fourth-order valence-electron chi connectivity index (χ4n) is 2.14. The molecule has 2 N–H and O–H groups in total. The van der Waals surface area contributed by atoms with Crippen LogP contribution in [0.3, 0.4) is 0 Å². The number of aromatic nitrogens is 2. The quantitative estimate of drug-likeness (QED) is 0.749. The largest absolute Gasteiger partial charge is 0.376 e. The molecule has 0 amide bonds. The van der Waals surface area contributed by atoms with Gasteiger partial charge in [0.2, 0.25) is 0 Å². The van der Waals surface area contributed by atoms with E-state index in [0.29, 0.717) is 6.10 Å². The van der Waals surface area contributed by atoms with Crippen molar-refractivity contribution in [3.63, 3.8) is 0 Å². The van der Waals surface area contributed by atoms with E-state index in [1.165, 1.54) is 0 Å². The highest BCUT2D eigenvalue weighted by molar-refractivity contribution is 5.36. The molecule has 1 saturated heterocycles. The molecule has 0 bridgehead atoms. The molecule has 0 unspecified atom stereocenters. The van der Waals surface area contributed by atoms with Crippen molar-refractivity contribution in [2.75, 3.05) is 31.6 Å². The Morgan fingerprint density at radius 1 is 1.53 bits per heavy atom. The van der Waals surface area contributed by atoms with E-state index in [1.54, 1.807) is 0 Å². The van der Waals surface area contributed by atoms with Gasteiger partial charge in [-0.3, -0.25) is 4.68 Å². The fraction of sp³-hybridized carbons (Fsp3) is 0.750. The predicted molar refractivity (Wildman–Crippen MR) is 68.3 cm³/mol. The summed E-state index contributed by atoms with van der Waals surface area (Å²) in [6, 6.07) is 2.05. The summed E-state index contributed by atoms with van der Waals surface area (Å²) in [4.78, 5) is 0. The van der Waals surface area contributed by atoms with Gasteiger partial charge < -0.3 is 15.4 Å². The summed E-state index contributed by atoms with van der Waals surface area (Å²) in [6.07, 6.45) is 2.70. The normalized spacial score (nSPS) is 17.3. The molecule has 2 rings (SSSR count). The summed E-state index contributed by atoms with van der Waals surface area (Å²) in [5.74, 6) is 1.05. The van der Waals surface area contributed by atoms with E-state index >= 15 is 0 Å². The number of anilines is 1. The van der Waals surface area contributed by atoms with Crippen LogP contribution in [0.15, 0.2) is 6.07 Å². The van der Waals surface area contributed by atoms with E-state index in [1.807, 2.05) is 24.7 Å². The lowest BCUT2D eigenvalue weighted by Gasteiger charge is -2.23. The third-order valence-corrected chi connectivity index (χ3v) is 3.05. The lowest BCUT2D eigenvalue weighted by Crippen LogP contribution is -2.33. The van der Waals surface area contributed by atoms with E-state index < -0.39 is 0 Å². The first-order valence-electron chi connectivity index (χ1n) is 6.32. The zero-order valence-electron chi connectivity index (χ0n) is 10.7. The van der Waals surface area contributed by atoms with Gasteiger partial charge in [0, 0.05) is 19.7 Å². The molecule has 1 aliphatic rings. The highest BCUT2D eigenvalue weighted by Crippen LogP contribution is 2.09. The van der Waals surface area contributed by atoms with Gasteiger partial charge in [0.15, 0.2) is 0 Å².